The lowest BCUT2D eigenvalue weighted by Gasteiger charge is -2.37. The summed E-state index contributed by atoms with van der Waals surface area (Å²) in [5.74, 6) is 0.429. The molecule has 1 aliphatic heterocycles. The zero-order valence-corrected chi connectivity index (χ0v) is 16.5. The molecule has 3 heterocycles. The number of rotatable bonds is 6. The summed E-state index contributed by atoms with van der Waals surface area (Å²) in [7, 11) is 0. The summed E-state index contributed by atoms with van der Waals surface area (Å²) < 4.78 is 21.2. The van der Waals surface area contributed by atoms with Crippen LogP contribution in [0.2, 0.25) is 0 Å². The molecule has 1 fully saturated rings. The molecule has 29 heavy (non-hydrogen) atoms. The molecule has 3 aromatic rings. The van der Waals surface area contributed by atoms with Crippen molar-refractivity contribution < 1.29 is 14.2 Å². The number of hydrogen-bond acceptors (Lipinski definition) is 7. The van der Waals surface area contributed by atoms with Crippen LogP contribution in [0.1, 0.15) is 25.6 Å². The van der Waals surface area contributed by atoms with Crippen LogP contribution in [0.25, 0.3) is 11.2 Å². The second-order valence-corrected chi connectivity index (χ2v) is 7.56. The Labute approximate surface area is 168 Å². The molecule has 0 amide bonds. The number of morpholine rings is 1. The maximum atomic E-state index is 13.2. The summed E-state index contributed by atoms with van der Waals surface area (Å²) in [5, 5.41) is 13.0. The van der Waals surface area contributed by atoms with Crippen molar-refractivity contribution in [2.24, 2.45) is 0 Å². The highest BCUT2D eigenvalue weighted by Gasteiger charge is 2.30. The molecule has 0 spiro atoms. The van der Waals surface area contributed by atoms with Crippen LogP contribution in [-0.4, -0.2) is 61.4 Å². The third-order valence-electron chi connectivity index (χ3n) is 4.84. The first-order valence-electron chi connectivity index (χ1n) is 9.70. The van der Waals surface area contributed by atoms with Crippen molar-refractivity contribution in [3.8, 4) is 0 Å². The van der Waals surface area contributed by atoms with E-state index in [2.05, 4.69) is 25.2 Å². The topological polar surface area (TPSA) is 88.3 Å². The molecule has 2 aromatic heterocycles. The van der Waals surface area contributed by atoms with Crippen molar-refractivity contribution in [1.29, 1.82) is 0 Å². The summed E-state index contributed by atoms with van der Waals surface area (Å²) in [4.78, 5) is 15.4. The van der Waals surface area contributed by atoms with Crippen molar-refractivity contribution in [1.82, 2.24) is 24.4 Å². The number of halogens is 1. The third kappa shape index (κ3) is 4.36. The predicted molar refractivity (Wildman–Crippen MR) is 107 cm³/mol. The number of ether oxygens (including phenoxy) is 1. The molecule has 1 aliphatic rings. The Balaban J connectivity index is 1.59. The zero-order valence-electron chi connectivity index (χ0n) is 16.5. The number of aliphatic hydroxyl groups excluding tert-OH is 1. The van der Waals surface area contributed by atoms with Gasteiger partial charge in [0.05, 0.1) is 19.0 Å². The molecule has 154 valence electrons. The fourth-order valence-corrected chi connectivity index (χ4v) is 3.56. The van der Waals surface area contributed by atoms with Gasteiger partial charge in [-0.05, 0) is 31.5 Å². The number of imidazole rings is 1. The van der Waals surface area contributed by atoms with Crippen LogP contribution in [0.5, 0.6) is 0 Å². The number of fused-ring (bicyclic) bond motifs is 1. The molecule has 0 aliphatic carbocycles. The van der Waals surface area contributed by atoms with Crippen LogP contribution >= 0.6 is 0 Å². The molecule has 2 atom stereocenters. The number of nitrogens with zero attached hydrogens (tertiary/aromatic N) is 5. The Bertz CT molecular complexity index is 961. The first-order valence-corrected chi connectivity index (χ1v) is 9.70. The quantitative estimate of drug-likeness (QED) is 0.656. The smallest absolute Gasteiger partial charge is 0.167 e. The van der Waals surface area contributed by atoms with Crippen molar-refractivity contribution in [3.05, 3.63) is 48.3 Å². The van der Waals surface area contributed by atoms with E-state index in [0.717, 1.165) is 5.56 Å². The Morgan fingerprint density at radius 2 is 2.00 bits per heavy atom. The summed E-state index contributed by atoms with van der Waals surface area (Å²) in [6.45, 7) is 5.81. The first kappa shape index (κ1) is 19.7. The van der Waals surface area contributed by atoms with Gasteiger partial charge in [0.1, 0.15) is 18.4 Å². The molecule has 4 rings (SSSR count). The number of hydrogen-bond donors (Lipinski definition) is 2. The van der Waals surface area contributed by atoms with E-state index in [1.54, 1.807) is 18.5 Å². The average molecular weight is 400 g/mol. The van der Waals surface area contributed by atoms with Gasteiger partial charge < -0.3 is 15.2 Å². The Hall–Kier alpha value is -2.62. The molecule has 8 nitrogen and oxygen atoms in total. The van der Waals surface area contributed by atoms with Crippen LogP contribution < -0.4 is 5.32 Å². The van der Waals surface area contributed by atoms with Crippen molar-refractivity contribution >= 4 is 17.0 Å². The van der Waals surface area contributed by atoms with E-state index < -0.39 is 0 Å². The Morgan fingerprint density at radius 3 is 2.72 bits per heavy atom. The van der Waals surface area contributed by atoms with Gasteiger partial charge >= 0.3 is 0 Å². The molecule has 0 radical (unpaired) electrons. The highest BCUT2D eigenvalue weighted by molar-refractivity contribution is 5.82. The summed E-state index contributed by atoms with van der Waals surface area (Å²) in [6, 6.07) is 6.68. The van der Waals surface area contributed by atoms with Gasteiger partial charge in [-0.2, -0.15) is 0 Å². The molecule has 0 unspecified atom stereocenters. The molecule has 1 aromatic carbocycles. The van der Waals surface area contributed by atoms with E-state index in [9.17, 15) is 9.50 Å². The largest absolute Gasteiger partial charge is 0.394 e. The van der Waals surface area contributed by atoms with Gasteiger partial charge in [0.25, 0.3) is 0 Å². The maximum absolute atomic E-state index is 13.2. The fraction of sp³-hybridized carbons (Fsp3) is 0.450. The minimum Gasteiger partial charge on any atom is -0.394 e. The molecular formula is C20H25FN6O2. The minimum atomic E-state index is -0.354. The fourth-order valence-electron chi connectivity index (χ4n) is 3.56. The van der Waals surface area contributed by atoms with Gasteiger partial charge in [-0.1, -0.05) is 12.1 Å². The van der Waals surface area contributed by atoms with Crippen LogP contribution in [0.15, 0.2) is 36.9 Å². The summed E-state index contributed by atoms with van der Waals surface area (Å²) in [5.41, 5.74) is 2.36. The average Bonchev–Trinajstić information content (AvgIpc) is 3.14. The molecular weight excluding hydrogens is 375 g/mol. The van der Waals surface area contributed by atoms with Gasteiger partial charge in [-0.3, -0.25) is 9.47 Å². The Morgan fingerprint density at radius 1 is 1.21 bits per heavy atom. The van der Waals surface area contributed by atoms with E-state index in [-0.39, 0.29) is 30.8 Å². The third-order valence-corrected chi connectivity index (χ3v) is 4.84. The standard InChI is InChI=1S/C20H25FN6O2/c1-13(2)25-19-18-20(23-11-22-19)27(12-24-18)17-9-26(8-16(10-28)29-17)7-14-3-5-15(21)6-4-14/h3-6,11-13,16-17,28H,7-10H2,1-2H3,(H,22,23,25)/t16-,17+/m0/s1. The monoisotopic (exact) mass is 400 g/mol. The second-order valence-electron chi connectivity index (χ2n) is 7.56. The molecule has 0 bridgehead atoms. The van der Waals surface area contributed by atoms with E-state index >= 15 is 0 Å². The maximum Gasteiger partial charge on any atom is 0.167 e. The number of anilines is 1. The SMILES string of the molecule is CC(C)Nc1ncnc2c1ncn2[C@H]1CN(Cc2ccc(F)cc2)C[C@@H](CO)O1. The highest BCUT2D eigenvalue weighted by Crippen LogP contribution is 2.26. The van der Waals surface area contributed by atoms with Crippen LogP contribution in [-0.2, 0) is 11.3 Å². The molecule has 1 saturated heterocycles. The van der Waals surface area contributed by atoms with E-state index in [1.807, 2.05) is 18.4 Å². The van der Waals surface area contributed by atoms with Crippen molar-refractivity contribution in [2.75, 3.05) is 25.0 Å². The van der Waals surface area contributed by atoms with Gasteiger partial charge in [0.15, 0.2) is 17.0 Å². The van der Waals surface area contributed by atoms with E-state index in [0.29, 0.717) is 36.6 Å². The lowest BCUT2D eigenvalue weighted by atomic mass is 10.1. The highest BCUT2D eigenvalue weighted by atomic mass is 19.1. The molecule has 2 N–H and O–H groups in total. The number of aromatic nitrogens is 4. The van der Waals surface area contributed by atoms with E-state index in [4.69, 9.17) is 4.74 Å². The summed E-state index contributed by atoms with van der Waals surface area (Å²) in [6.07, 6.45) is 2.52. The van der Waals surface area contributed by atoms with Gasteiger partial charge in [-0.25, -0.2) is 19.3 Å². The summed E-state index contributed by atoms with van der Waals surface area (Å²) >= 11 is 0. The normalized spacial score (nSPS) is 20.4. The van der Waals surface area contributed by atoms with E-state index in [1.165, 1.54) is 18.5 Å². The van der Waals surface area contributed by atoms with Crippen molar-refractivity contribution in [3.63, 3.8) is 0 Å². The van der Waals surface area contributed by atoms with Crippen molar-refractivity contribution in [2.45, 2.75) is 38.8 Å². The number of aliphatic hydroxyl groups is 1. The van der Waals surface area contributed by atoms with Gasteiger partial charge in [0.2, 0.25) is 0 Å². The van der Waals surface area contributed by atoms with Gasteiger partial charge in [-0.15, -0.1) is 0 Å². The number of nitrogens with one attached hydrogen (secondary N) is 1. The zero-order chi connectivity index (χ0) is 20.4. The number of benzene rings is 1. The second kappa shape index (κ2) is 8.40. The lowest BCUT2D eigenvalue weighted by Crippen LogP contribution is -2.46. The first-order chi connectivity index (χ1) is 14.0. The van der Waals surface area contributed by atoms with Crippen LogP contribution in [0, 0.1) is 5.82 Å². The lowest BCUT2D eigenvalue weighted by molar-refractivity contribution is -0.135. The Kier molecular flexibility index (Phi) is 5.70. The minimum absolute atomic E-state index is 0.0851. The molecule has 0 saturated carbocycles. The van der Waals surface area contributed by atoms with Crippen LogP contribution in [0.4, 0.5) is 10.2 Å². The van der Waals surface area contributed by atoms with Gasteiger partial charge in [0, 0.05) is 25.7 Å². The predicted octanol–water partition coefficient (Wildman–Crippen LogP) is 2.18. The molecule has 9 heteroatoms. The van der Waals surface area contributed by atoms with Crippen LogP contribution in [0.3, 0.4) is 0 Å².